The summed E-state index contributed by atoms with van der Waals surface area (Å²) in [7, 11) is 0. The van der Waals surface area contributed by atoms with Gasteiger partial charge in [0.1, 0.15) is 11.6 Å². The van der Waals surface area contributed by atoms with E-state index in [4.69, 9.17) is 5.26 Å². The number of hydrogen-bond donors (Lipinski definition) is 2. The highest BCUT2D eigenvalue weighted by atomic mass is 16.1. The molecule has 1 unspecified atom stereocenters. The summed E-state index contributed by atoms with van der Waals surface area (Å²) < 4.78 is 0. The zero-order valence-corrected chi connectivity index (χ0v) is 14.3. The van der Waals surface area contributed by atoms with Crippen LogP contribution in [0.5, 0.6) is 0 Å². The topological polar surface area (TPSA) is 64.9 Å². The van der Waals surface area contributed by atoms with Crippen molar-refractivity contribution in [1.82, 2.24) is 10.6 Å². The smallest absolute Gasteiger partial charge is 0.263 e. The first-order chi connectivity index (χ1) is 11.7. The Bertz CT molecular complexity index is 670. The summed E-state index contributed by atoms with van der Waals surface area (Å²) >= 11 is 0. The minimum Gasteiger partial charge on any atom is -0.386 e. The molecular weight excluding hydrogens is 298 g/mol. The Morgan fingerprint density at radius 2 is 2.12 bits per heavy atom. The molecule has 2 rings (SSSR count). The van der Waals surface area contributed by atoms with E-state index in [2.05, 4.69) is 35.4 Å². The average molecular weight is 323 g/mol. The molecule has 1 aliphatic carbocycles. The van der Waals surface area contributed by atoms with Crippen molar-refractivity contribution in [3.8, 4) is 6.07 Å². The van der Waals surface area contributed by atoms with Gasteiger partial charge in [-0.25, -0.2) is 0 Å². The first kappa shape index (κ1) is 17.8. The average Bonchev–Trinajstić information content (AvgIpc) is 2.62. The molecule has 0 aromatic heterocycles. The van der Waals surface area contributed by atoms with Gasteiger partial charge in [-0.05, 0) is 48.8 Å². The van der Waals surface area contributed by atoms with Crippen molar-refractivity contribution >= 4 is 5.91 Å². The first-order valence-electron chi connectivity index (χ1n) is 8.56. The van der Waals surface area contributed by atoms with E-state index in [-0.39, 0.29) is 17.5 Å². The molecule has 0 heterocycles. The monoisotopic (exact) mass is 323 g/mol. The second-order valence-electron chi connectivity index (χ2n) is 6.04. The van der Waals surface area contributed by atoms with Gasteiger partial charge in [-0.2, -0.15) is 5.26 Å². The third kappa shape index (κ3) is 4.48. The molecule has 1 aliphatic rings. The quantitative estimate of drug-likeness (QED) is 0.350. The van der Waals surface area contributed by atoms with Gasteiger partial charge in [-0.3, -0.25) is 4.79 Å². The highest BCUT2D eigenvalue weighted by molar-refractivity contribution is 5.97. The van der Waals surface area contributed by atoms with E-state index < -0.39 is 0 Å². The molecule has 1 amide bonds. The van der Waals surface area contributed by atoms with Crippen LogP contribution < -0.4 is 10.6 Å². The van der Waals surface area contributed by atoms with Crippen molar-refractivity contribution in [3.05, 3.63) is 59.3 Å². The van der Waals surface area contributed by atoms with Crippen LogP contribution >= 0.6 is 0 Å². The number of rotatable bonds is 7. The lowest BCUT2D eigenvalue weighted by molar-refractivity contribution is -0.117. The van der Waals surface area contributed by atoms with Crippen LogP contribution in [0, 0.1) is 11.3 Å². The fourth-order valence-corrected chi connectivity index (χ4v) is 3.02. The standard InChI is InChI=1S/C20H25N3O/c1-3-11-22-14-18(13-21)20(24)23-19(4-2)17-10-9-15-7-5-6-8-16(15)12-17/h3,9-10,12,14,19,22H,1,4-8,11H2,2H3,(H,23,24)/b18-14-. The van der Waals surface area contributed by atoms with Crippen molar-refractivity contribution in [2.45, 2.75) is 45.1 Å². The number of nitriles is 1. The summed E-state index contributed by atoms with van der Waals surface area (Å²) in [6.45, 7) is 6.14. The minimum atomic E-state index is -0.348. The Hall–Kier alpha value is -2.54. The Morgan fingerprint density at radius 3 is 2.79 bits per heavy atom. The van der Waals surface area contributed by atoms with Crippen LogP contribution in [-0.4, -0.2) is 12.5 Å². The zero-order valence-electron chi connectivity index (χ0n) is 14.3. The molecule has 0 bridgehead atoms. The Kier molecular flexibility index (Phi) is 6.62. The molecular formula is C20H25N3O. The molecule has 0 radical (unpaired) electrons. The second kappa shape index (κ2) is 8.93. The molecule has 4 heteroatoms. The van der Waals surface area contributed by atoms with E-state index in [0.717, 1.165) is 24.8 Å². The van der Waals surface area contributed by atoms with Crippen LogP contribution in [0.3, 0.4) is 0 Å². The van der Waals surface area contributed by atoms with Gasteiger partial charge in [-0.1, -0.05) is 31.2 Å². The maximum atomic E-state index is 12.3. The number of aryl methyl sites for hydroxylation is 2. The van der Waals surface area contributed by atoms with Gasteiger partial charge in [-0.15, -0.1) is 6.58 Å². The van der Waals surface area contributed by atoms with Gasteiger partial charge >= 0.3 is 0 Å². The largest absolute Gasteiger partial charge is 0.386 e. The third-order valence-corrected chi connectivity index (χ3v) is 4.36. The number of hydrogen-bond acceptors (Lipinski definition) is 3. The van der Waals surface area contributed by atoms with Crippen molar-refractivity contribution in [1.29, 1.82) is 5.26 Å². The predicted octanol–water partition coefficient (Wildman–Crippen LogP) is 3.32. The van der Waals surface area contributed by atoms with E-state index in [1.54, 1.807) is 6.08 Å². The highest BCUT2D eigenvalue weighted by Gasteiger charge is 2.18. The number of benzene rings is 1. The van der Waals surface area contributed by atoms with Gasteiger partial charge < -0.3 is 10.6 Å². The summed E-state index contributed by atoms with van der Waals surface area (Å²) in [5.41, 5.74) is 4.02. The predicted molar refractivity (Wildman–Crippen MR) is 96.2 cm³/mol. The number of nitrogens with one attached hydrogen (secondary N) is 2. The molecule has 0 saturated heterocycles. The van der Waals surface area contributed by atoms with E-state index in [9.17, 15) is 4.79 Å². The summed E-state index contributed by atoms with van der Waals surface area (Å²) in [6.07, 6.45) is 8.65. The Balaban J connectivity index is 2.11. The molecule has 0 aliphatic heterocycles. The number of nitrogens with zero attached hydrogens (tertiary/aromatic N) is 1. The molecule has 0 saturated carbocycles. The molecule has 0 fully saturated rings. The molecule has 24 heavy (non-hydrogen) atoms. The van der Waals surface area contributed by atoms with Crippen LogP contribution in [0.2, 0.25) is 0 Å². The molecule has 4 nitrogen and oxygen atoms in total. The van der Waals surface area contributed by atoms with Crippen LogP contribution in [0.1, 0.15) is 48.9 Å². The summed E-state index contributed by atoms with van der Waals surface area (Å²) in [6, 6.07) is 8.37. The van der Waals surface area contributed by atoms with Crippen LogP contribution in [-0.2, 0) is 17.6 Å². The van der Waals surface area contributed by atoms with Crippen LogP contribution in [0.4, 0.5) is 0 Å². The van der Waals surface area contributed by atoms with Crippen molar-refractivity contribution in [3.63, 3.8) is 0 Å². The van der Waals surface area contributed by atoms with Gasteiger partial charge in [0.2, 0.25) is 0 Å². The summed E-state index contributed by atoms with van der Waals surface area (Å²) in [5, 5.41) is 15.0. The first-order valence-corrected chi connectivity index (χ1v) is 8.56. The lowest BCUT2D eigenvalue weighted by atomic mass is 9.88. The van der Waals surface area contributed by atoms with Gasteiger partial charge in [0.25, 0.3) is 5.91 Å². The molecule has 126 valence electrons. The molecule has 1 aromatic carbocycles. The molecule has 2 N–H and O–H groups in total. The Morgan fingerprint density at radius 1 is 1.38 bits per heavy atom. The summed E-state index contributed by atoms with van der Waals surface area (Å²) in [5.74, 6) is -0.348. The zero-order chi connectivity index (χ0) is 17.4. The Labute approximate surface area is 144 Å². The van der Waals surface area contributed by atoms with Crippen molar-refractivity contribution < 1.29 is 4.79 Å². The lowest BCUT2D eigenvalue weighted by Crippen LogP contribution is -2.30. The van der Waals surface area contributed by atoms with Crippen molar-refractivity contribution in [2.24, 2.45) is 0 Å². The van der Waals surface area contributed by atoms with Gasteiger partial charge in [0.15, 0.2) is 0 Å². The molecule has 1 atom stereocenters. The SMILES string of the molecule is C=CCN/C=C(/C#N)C(=O)NC(CC)c1ccc2c(c1)CCCC2. The van der Waals surface area contributed by atoms with Crippen LogP contribution in [0.25, 0.3) is 0 Å². The number of fused-ring (bicyclic) bond motifs is 1. The van der Waals surface area contributed by atoms with Crippen molar-refractivity contribution in [2.75, 3.05) is 6.54 Å². The maximum absolute atomic E-state index is 12.3. The lowest BCUT2D eigenvalue weighted by Gasteiger charge is -2.21. The van der Waals surface area contributed by atoms with Gasteiger partial charge in [0, 0.05) is 12.7 Å². The normalized spacial score (nSPS) is 14.9. The summed E-state index contributed by atoms with van der Waals surface area (Å²) in [4.78, 5) is 12.3. The minimum absolute atomic E-state index is 0.0771. The van der Waals surface area contributed by atoms with Gasteiger partial charge in [0.05, 0.1) is 6.04 Å². The van der Waals surface area contributed by atoms with E-state index in [1.807, 2.05) is 13.0 Å². The third-order valence-electron chi connectivity index (χ3n) is 4.36. The maximum Gasteiger partial charge on any atom is 0.263 e. The molecule has 0 spiro atoms. The van der Waals surface area contributed by atoms with E-state index in [1.165, 1.54) is 30.2 Å². The van der Waals surface area contributed by atoms with E-state index in [0.29, 0.717) is 6.54 Å². The van der Waals surface area contributed by atoms with E-state index >= 15 is 0 Å². The second-order valence-corrected chi connectivity index (χ2v) is 6.04. The number of carbonyl (C=O) groups excluding carboxylic acids is 1. The number of carbonyl (C=O) groups is 1. The fraction of sp³-hybridized carbons (Fsp3) is 0.400. The highest BCUT2D eigenvalue weighted by Crippen LogP contribution is 2.26. The number of amides is 1. The fourth-order valence-electron chi connectivity index (χ4n) is 3.02. The van der Waals surface area contributed by atoms with Crippen LogP contribution in [0.15, 0.2) is 42.6 Å². The molecule has 1 aromatic rings.